The van der Waals surface area contributed by atoms with Gasteiger partial charge in [0.25, 0.3) is 5.91 Å². The minimum absolute atomic E-state index is 0.101. The lowest BCUT2D eigenvalue weighted by atomic mass is 9.93. The number of hydrogen-bond donors (Lipinski definition) is 1. The number of pyridine rings is 1. The van der Waals surface area contributed by atoms with Crippen molar-refractivity contribution in [2.75, 3.05) is 19.6 Å². The summed E-state index contributed by atoms with van der Waals surface area (Å²) in [5.74, 6) is -0.101. The number of halogens is 1. The van der Waals surface area contributed by atoms with E-state index in [9.17, 15) is 4.79 Å². The van der Waals surface area contributed by atoms with Crippen LogP contribution in [0.15, 0.2) is 42.6 Å². The largest absolute Gasteiger partial charge is 0.337 e. The molecule has 28 heavy (non-hydrogen) atoms. The van der Waals surface area contributed by atoms with E-state index in [4.69, 9.17) is 0 Å². The van der Waals surface area contributed by atoms with Crippen molar-refractivity contribution in [2.24, 2.45) is 0 Å². The Morgan fingerprint density at radius 3 is 2.79 bits per heavy atom. The number of nitrogens with one attached hydrogen (secondary N) is 1. The van der Waals surface area contributed by atoms with Crippen molar-refractivity contribution in [3.63, 3.8) is 0 Å². The molecule has 2 aromatic heterocycles. The maximum Gasteiger partial charge on any atom is 0.274 e. The van der Waals surface area contributed by atoms with Crippen molar-refractivity contribution in [3.8, 4) is 0 Å². The standard InChI is InChI=1S/C21H23FN4OS/c1-15-6-7-16(24-12-15)13-23-14-21(22)8-10-26(11-9-21)20(27)19-17-4-2-3-5-18(17)28-25-19/h2-7,12,23H,8-11,13-14H2,1H3. The Bertz CT molecular complexity index is 964. The van der Waals surface area contributed by atoms with E-state index >= 15 is 4.39 Å². The highest BCUT2D eigenvalue weighted by Gasteiger charge is 2.36. The summed E-state index contributed by atoms with van der Waals surface area (Å²) < 4.78 is 20.5. The minimum atomic E-state index is -1.30. The summed E-state index contributed by atoms with van der Waals surface area (Å²) in [6, 6.07) is 11.7. The molecule has 3 heterocycles. The summed E-state index contributed by atoms with van der Waals surface area (Å²) in [5, 5.41) is 4.05. The van der Waals surface area contributed by atoms with Crippen LogP contribution in [0.5, 0.6) is 0 Å². The number of aromatic nitrogens is 2. The van der Waals surface area contributed by atoms with Crippen LogP contribution in [0, 0.1) is 6.92 Å². The second-order valence-electron chi connectivity index (χ2n) is 7.40. The molecule has 146 valence electrons. The fraction of sp³-hybridized carbons (Fsp3) is 0.381. The Balaban J connectivity index is 1.32. The molecule has 5 nitrogen and oxygen atoms in total. The zero-order chi connectivity index (χ0) is 19.6. The predicted molar refractivity (Wildman–Crippen MR) is 109 cm³/mol. The number of carbonyl (C=O) groups is 1. The molecule has 1 saturated heterocycles. The number of hydrogen-bond acceptors (Lipinski definition) is 5. The molecular weight excluding hydrogens is 375 g/mol. The first-order chi connectivity index (χ1) is 13.5. The molecule has 0 spiro atoms. The molecule has 1 N–H and O–H groups in total. The number of likely N-dealkylation sites (tertiary alicyclic amines) is 1. The summed E-state index contributed by atoms with van der Waals surface area (Å²) in [6.07, 6.45) is 2.47. The highest BCUT2D eigenvalue weighted by Crippen LogP contribution is 2.29. The molecule has 0 atom stereocenters. The Kier molecular flexibility index (Phi) is 5.37. The summed E-state index contributed by atoms with van der Waals surface area (Å²) >= 11 is 1.33. The average molecular weight is 399 g/mol. The number of aryl methyl sites for hydroxylation is 1. The monoisotopic (exact) mass is 398 g/mol. The average Bonchev–Trinajstić information content (AvgIpc) is 3.14. The fourth-order valence-corrected chi connectivity index (χ4v) is 4.26. The molecule has 0 saturated carbocycles. The smallest absolute Gasteiger partial charge is 0.274 e. The van der Waals surface area contributed by atoms with Crippen molar-refractivity contribution in [3.05, 3.63) is 59.5 Å². The van der Waals surface area contributed by atoms with Crippen LogP contribution in [-0.4, -0.2) is 45.5 Å². The maximum atomic E-state index is 15.1. The van der Waals surface area contributed by atoms with Gasteiger partial charge in [-0.1, -0.05) is 24.3 Å². The Hall–Kier alpha value is -2.38. The number of carbonyl (C=O) groups excluding carboxylic acids is 1. The second kappa shape index (κ2) is 7.93. The van der Waals surface area contributed by atoms with E-state index < -0.39 is 5.67 Å². The molecule has 1 fully saturated rings. The molecule has 1 amide bonds. The van der Waals surface area contributed by atoms with Crippen molar-refractivity contribution < 1.29 is 9.18 Å². The number of piperidine rings is 1. The van der Waals surface area contributed by atoms with Crippen LogP contribution >= 0.6 is 11.5 Å². The van der Waals surface area contributed by atoms with E-state index in [-0.39, 0.29) is 12.5 Å². The molecule has 1 aromatic carbocycles. The third-order valence-corrected chi connectivity index (χ3v) is 6.07. The quantitative estimate of drug-likeness (QED) is 0.711. The van der Waals surface area contributed by atoms with E-state index in [1.54, 1.807) is 4.90 Å². The number of rotatable bonds is 5. The summed E-state index contributed by atoms with van der Waals surface area (Å²) in [4.78, 5) is 18.9. The zero-order valence-corrected chi connectivity index (χ0v) is 16.6. The fourth-order valence-electron chi connectivity index (χ4n) is 3.49. The normalized spacial score (nSPS) is 16.4. The van der Waals surface area contributed by atoms with Crippen molar-refractivity contribution in [1.29, 1.82) is 0 Å². The first-order valence-electron chi connectivity index (χ1n) is 9.49. The van der Waals surface area contributed by atoms with Gasteiger partial charge in [-0.05, 0) is 36.2 Å². The first-order valence-corrected chi connectivity index (χ1v) is 10.3. The SMILES string of the molecule is Cc1ccc(CNCC2(F)CCN(C(=O)c3nsc4ccccc34)CC2)nc1. The zero-order valence-electron chi connectivity index (χ0n) is 15.8. The molecule has 7 heteroatoms. The Morgan fingerprint density at radius 1 is 1.25 bits per heavy atom. The summed E-state index contributed by atoms with van der Waals surface area (Å²) in [5.41, 5.74) is 1.19. The molecule has 0 bridgehead atoms. The maximum absolute atomic E-state index is 15.1. The number of benzene rings is 1. The third kappa shape index (κ3) is 4.05. The lowest BCUT2D eigenvalue weighted by Gasteiger charge is -2.36. The van der Waals surface area contributed by atoms with Crippen molar-refractivity contribution in [1.82, 2.24) is 19.6 Å². The highest BCUT2D eigenvalue weighted by atomic mass is 32.1. The van der Waals surface area contributed by atoms with E-state index in [0.29, 0.717) is 38.2 Å². The van der Waals surface area contributed by atoms with Gasteiger partial charge in [0, 0.05) is 50.6 Å². The minimum Gasteiger partial charge on any atom is -0.337 e. The van der Waals surface area contributed by atoms with Gasteiger partial charge in [0.05, 0.1) is 10.4 Å². The number of alkyl halides is 1. The topological polar surface area (TPSA) is 58.1 Å². The lowest BCUT2D eigenvalue weighted by Crippen LogP contribution is -2.48. The van der Waals surface area contributed by atoms with Gasteiger partial charge in [0.15, 0.2) is 0 Å². The van der Waals surface area contributed by atoms with Crippen LogP contribution in [0.1, 0.15) is 34.6 Å². The second-order valence-corrected chi connectivity index (χ2v) is 8.21. The first kappa shape index (κ1) is 19.0. The third-order valence-electron chi connectivity index (χ3n) is 5.25. The molecule has 0 radical (unpaired) electrons. The molecule has 0 unspecified atom stereocenters. The number of amides is 1. The van der Waals surface area contributed by atoms with E-state index in [1.165, 1.54) is 11.5 Å². The van der Waals surface area contributed by atoms with Gasteiger partial charge in [-0.2, -0.15) is 4.37 Å². The van der Waals surface area contributed by atoms with Gasteiger partial charge in [0.1, 0.15) is 11.4 Å². The summed E-state index contributed by atoms with van der Waals surface area (Å²) in [6.45, 7) is 3.62. The highest BCUT2D eigenvalue weighted by molar-refractivity contribution is 7.13. The molecule has 4 rings (SSSR count). The van der Waals surface area contributed by atoms with Crippen LogP contribution in [-0.2, 0) is 6.54 Å². The van der Waals surface area contributed by atoms with Crippen LogP contribution in [0.2, 0.25) is 0 Å². The van der Waals surface area contributed by atoms with Gasteiger partial charge in [-0.25, -0.2) is 4.39 Å². The van der Waals surface area contributed by atoms with Gasteiger partial charge in [0.2, 0.25) is 0 Å². The molecule has 1 aliphatic heterocycles. The number of fused-ring (bicyclic) bond motifs is 1. The summed E-state index contributed by atoms with van der Waals surface area (Å²) in [7, 11) is 0. The van der Waals surface area contributed by atoms with Crippen molar-refractivity contribution in [2.45, 2.75) is 32.0 Å². The molecule has 0 aliphatic carbocycles. The molecule has 1 aliphatic rings. The van der Waals surface area contributed by atoms with Crippen LogP contribution in [0.25, 0.3) is 10.1 Å². The van der Waals surface area contributed by atoms with Crippen molar-refractivity contribution >= 4 is 27.5 Å². The van der Waals surface area contributed by atoms with E-state index in [0.717, 1.165) is 21.3 Å². The number of nitrogens with zero attached hydrogens (tertiary/aromatic N) is 3. The van der Waals surface area contributed by atoms with Crippen LogP contribution < -0.4 is 5.32 Å². The van der Waals surface area contributed by atoms with Gasteiger partial charge in [-0.15, -0.1) is 0 Å². The van der Waals surface area contributed by atoms with Gasteiger partial charge in [-0.3, -0.25) is 9.78 Å². The Labute approximate surface area is 167 Å². The van der Waals surface area contributed by atoms with Gasteiger partial charge < -0.3 is 10.2 Å². The Morgan fingerprint density at radius 2 is 2.04 bits per heavy atom. The van der Waals surface area contributed by atoms with E-state index in [2.05, 4.69) is 14.7 Å². The van der Waals surface area contributed by atoms with E-state index in [1.807, 2.05) is 49.5 Å². The molecule has 3 aromatic rings. The lowest BCUT2D eigenvalue weighted by molar-refractivity contribution is 0.0432. The predicted octanol–water partition coefficient (Wildman–Crippen LogP) is 3.73. The molecular formula is C21H23FN4OS. The van der Waals surface area contributed by atoms with Crippen LogP contribution in [0.3, 0.4) is 0 Å². The van der Waals surface area contributed by atoms with Crippen LogP contribution in [0.4, 0.5) is 4.39 Å². The van der Waals surface area contributed by atoms with Gasteiger partial charge >= 0.3 is 0 Å².